The van der Waals surface area contributed by atoms with Crippen molar-refractivity contribution in [2.24, 2.45) is 11.8 Å². The number of carbonyl (C=O) groups is 1. The lowest BCUT2D eigenvalue weighted by Crippen LogP contribution is -2.26. The van der Waals surface area contributed by atoms with Gasteiger partial charge in [0.05, 0.1) is 11.7 Å². The first-order valence-electron chi connectivity index (χ1n) is 9.09. The lowest BCUT2D eigenvalue weighted by Gasteiger charge is -2.31. The first kappa shape index (κ1) is 17.7. The van der Waals surface area contributed by atoms with Gasteiger partial charge in [-0.3, -0.25) is 4.79 Å². The summed E-state index contributed by atoms with van der Waals surface area (Å²) >= 11 is 0. The van der Waals surface area contributed by atoms with E-state index in [4.69, 9.17) is 4.74 Å². The Balaban J connectivity index is 1.66. The maximum atomic E-state index is 14.3. The van der Waals surface area contributed by atoms with Crippen LogP contribution in [0.25, 0.3) is 11.1 Å². The van der Waals surface area contributed by atoms with Gasteiger partial charge >= 0.3 is 0 Å². The van der Waals surface area contributed by atoms with Crippen LogP contribution in [0.2, 0.25) is 0 Å². The van der Waals surface area contributed by atoms with Crippen molar-refractivity contribution in [1.82, 2.24) is 0 Å². The number of aldehydes is 1. The number of rotatable bonds is 5. The second-order valence-corrected chi connectivity index (χ2v) is 7.25. The summed E-state index contributed by atoms with van der Waals surface area (Å²) in [5.41, 5.74) is 1.27. The van der Waals surface area contributed by atoms with Gasteiger partial charge in [-0.15, -0.1) is 0 Å². The molecule has 0 saturated heterocycles. The Morgan fingerprint density at radius 2 is 1.72 bits per heavy atom. The first-order valence-corrected chi connectivity index (χ1v) is 9.09. The molecule has 2 aromatic rings. The SMILES string of the molecule is CC(C)C1CCC(Oc2ccc(-c3cccc(C=O)c3F)cc2)CC1. The standard InChI is InChI=1S/C22H25FO2/c1-15(2)16-6-10-19(11-7-16)25-20-12-8-17(9-13-20)21-5-3-4-18(14-24)22(21)23/h3-5,8-9,12-16,19H,6-7,10-11H2,1-2H3. The normalized spacial score (nSPS) is 20.5. The molecule has 0 radical (unpaired) electrons. The van der Waals surface area contributed by atoms with Crippen molar-refractivity contribution in [1.29, 1.82) is 0 Å². The van der Waals surface area contributed by atoms with E-state index in [9.17, 15) is 9.18 Å². The fraction of sp³-hybridized carbons (Fsp3) is 0.409. The van der Waals surface area contributed by atoms with Crippen molar-refractivity contribution in [2.75, 3.05) is 0 Å². The number of hydrogen-bond donors (Lipinski definition) is 0. The van der Waals surface area contributed by atoms with Crippen LogP contribution in [0.1, 0.15) is 49.9 Å². The Bertz CT molecular complexity index is 713. The summed E-state index contributed by atoms with van der Waals surface area (Å²) in [5, 5.41) is 0. The molecule has 3 rings (SSSR count). The Labute approximate surface area is 149 Å². The van der Waals surface area contributed by atoms with Gasteiger partial charge in [-0.1, -0.05) is 38.1 Å². The molecule has 1 saturated carbocycles. The quantitative estimate of drug-likeness (QED) is 0.634. The molecule has 0 N–H and O–H groups in total. The lowest BCUT2D eigenvalue weighted by molar-refractivity contribution is 0.111. The molecule has 0 unspecified atom stereocenters. The first-order chi connectivity index (χ1) is 12.1. The maximum absolute atomic E-state index is 14.3. The number of halogens is 1. The molecule has 0 aliphatic heterocycles. The molecule has 1 fully saturated rings. The molecule has 1 aliphatic carbocycles. The molecular weight excluding hydrogens is 315 g/mol. The lowest BCUT2D eigenvalue weighted by atomic mass is 9.80. The van der Waals surface area contributed by atoms with Crippen LogP contribution in [0.5, 0.6) is 5.75 Å². The molecule has 0 amide bonds. The van der Waals surface area contributed by atoms with Crippen molar-refractivity contribution in [3.8, 4) is 16.9 Å². The van der Waals surface area contributed by atoms with Crippen LogP contribution in [-0.2, 0) is 0 Å². The summed E-state index contributed by atoms with van der Waals surface area (Å²) < 4.78 is 20.4. The third-order valence-electron chi connectivity index (χ3n) is 5.29. The minimum atomic E-state index is -0.474. The molecule has 2 nitrogen and oxygen atoms in total. The molecule has 0 heterocycles. The molecule has 0 atom stereocenters. The van der Waals surface area contributed by atoms with Gasteiger partial charge in [0.1, 0.15) is 11.6 Å². The summed E-state index contributed by atoms with van der Waals surface area (Å²) in [6.45, 7) is 4.59. The minimum absolute atomic E-state index is 0.0831. The van der Waals surface area contributed by atoms with Crippen LogP contribution in [-0.4, -0.2) is 12.4 Å². The van der Waals surface area contributed by atoms with Gasteiger partial charge in [-0.05, 0) is 61.3 Å². The molecular formula is C22H25FO2. The summed E-state index contributed by atoms with van der Waals surface area (Å²) in [5.74, 6) is 1.91. The van der Waals surface area contributed by atoms with Gasteiger partial charge in [-0.25, -0.2) is 4.39 Å². The fourth-order valence-electron chi connectivity index (χ4n) is 3.64. The van der Waals surface area contributed by atoms with Crippen molar-refractivity contribution in [2.45, 2.75) is 45.6 Å². The van der Waals surface area contributed by atoms with Gasteiger partial charge < -0.3 is 4.74 Å². The average Bonchev–Trinajstić information content (AvgIpc) is 2.63. The molecule has 0 spiro atoms. The minimum Gasteiger partial charge on any atom is -0.490 e. The molecule has 2 aromatic carbocycles. The molecule has 25 heavy (non-hydrogen) atoms. The number of benzene rings is 2. The molecule has 1 aliphatic rings. The van der Waals surface area contributed by atoms with Crippen molar-refractivity contribution in [3.05, 3.63) is 53.8 Å². The summed E-state index contributed by atoms with van der Waals surface area (Å²) in [4.78, 5) is 10.9. The van der Waals surface area contributed by atoms with Crippen molar-refractivity contribution < 1.29 is 13.9 Å². The molecule has 3 heteroatoms. The summed E-state index contributed by atoms with van der Waals surface area (Å²) in [6.07, 6.45) is 5.47. The van der Waals surface area contributed by atoms with E-state index in [-0.39, 0.29) is 11.7 Å². The van der Waals surface area contributed by atoms with Gasteiger partial charge in [0, 0.05) is 5.56 Å². The molecule has 132 valence electrons. The van der Waals surface area contributed by atoms with E-state index in [0.29, 0.717) is 11.8 Å². The maximum Gasteiger partial charge on any atom is 0.153 e. The second-order valence-electron chi connectivity index (χ2n) is 7.25. The van der Waals surface area contributed by atoms with Gasteiger partial charge in [0.15, 0.2) is 6.29 Å². The zero-order chi connectivity index (χ0) is 17.8. The van der Waals surface area contributed by atoms with Gasteiger partial charge in [0.25, 0.3) is 0 Å². The number of ether oxygens (including phenoxy) is 1. The Morgan fingerprint density at radius 3 is 2.32 bits per heavy atom. The fourth-order valence-corrected chi connectivity index (χ4v) is 3.64. The third kappa shape index (κ3) is 4.09. The summed E-state index contributed by atoms with van der Waals surface area (Å²) in [6, 6.07) is 12.3. The van der Waals surface area contributed by atoms with Crippen LogP contribution in [0, 0.1) is 17.7 Å². The zero-order valence-electron chi connectivity index (χ0n) is 14.9. The monoisotopic (exact) mass is 340 g/mol. The topological polar surface area (TPSA) is 26.3 Å². The molecule has 0 bridgehead atoms. The second kappa shape index (κ2) is 7.81. The van der Waals surface area contributed by atoms with Crippen LogP contribution in [0.3, 0.4) is 0 Å². The van der Waals surface area contributed by atoms with E-state index in [1.807, 2.05) is 24.3 Å². The number of hydrogen-bond acceptors (Lipinski definition) is 2. The smallest absolute Gasteiger partial charge is 0.153 e. The van der Waals surface area contributed by atoms with Crippen LogP contribution in [0.15, 0.2) is 42.5 Å². The summed E-state index contributed by atoms with van der Waals surface area (Å²) in [7, 11) is 0. The van der Waals surface area contributed by atoms with E-state index in [1.165, 1.54) is 18.9 Å². The van der Waals surface area contributed by atoms with Crippen LogP contribution >= 0.6 is 0 Å². The van der Waals surface area contributed by atoms with Crippen LogP contribution < -0.4 is 4.74 Å². The molecule has 0 aromatic heterocycles. The Kier molecular flexibility index (Phi) is 5.52. The van der Waals surface area contributed by atoms with E-state index in [2.05, 4.69) is 13.8 Å². The van der Waals surface area contributed by atoms with Gasteiger partial charge in [-0.2, -0.15) is 0 Å². The Hall–Kier alpha value is -2.16. The largest absolute Gasteiger partial charge is 0.490 e. The Morgan fingerprint density at radius 1 is 1.04 bits per heavy atom. The van der Waals surface area contributed by atoms with E-state index >= 15 is 0 Å². The average molecular weight is 340 g/mol. The third-order valence-corrected chi connectivity index (χ3v) is 5.29. The van der Waals surface area contributed by atoms with E-state index in [1.54, 1.807) is 12.1 Å². The highest BCUT2D eigenvalue weighted by atomic mass is 19.1. The van der Waals surface area contributed by atoms with Crippen molar-refractivity contribution in [3.63, 3.8) is 0 Å². The van der Waals surface area contributed by atoms with Crippen molar-refractivity contribution >= 4 is 6.29 Å². The van der Waals surface area contributed by atoms with E-state index < -0.39 is 5.82 Å². The highest BCUT2D eigenvalue weighted by molar-refractivity contribution is 5.79. The van der Waals surface area contributed by atoms with Crippen LogP contribution in [0.4, 0.5) is 4.39 Å². The predicted octanol–water partition coefficient (Wildman–Crippen LogP) is 5.90. The number of carbonyl (C=O) groups excluding carboxylic acids is 1. The van der Waals surface area contributed by atoms with Gasteiger partial charge in [0.2, 0.25) is 0 Å². The highest BCUT2D eigenvalue weighted by Gasteiger charge is 2.24. The van der Waals surface area contributed by atoms with E-state index in [0.717, 1.165) is 36.0 Å². The zero-order valence-corrected chi connectivity index (χ0v) is 14.9. The highest BCUT2D eigenvalue weighted by Crippen LogP contribution is 2.33. The predicted molar refractivity (Wildman–Crippen MR) is 98.4 cm³/mol.